The molecule has 1 fully saturated rings. The maximum absolute atomic E-state index is 11.8. The lowest BCUT2D eigenvalue weighted by Gasteiger charge is -2.24. The van der Waals surface area contributed by atoms with Gasteiger partial charge in [0.2, 0.25) is 5.91 Å². The minimum absolute atomic E-state index is 0.201. The molecule has 0 spiro atoms. The van der Waals surface area contributed by atoms with Gasteiger partial charge in [-0.1, -0.05) is 26.2 Å². The number of rotatable bonds is 7. The topological polar surface area (TPSA) is 58.4 Å². The fourth-order valence-electron chi connectivity index (χ4n) is 2.42. The highest BCUT2D eigenvalue weighted by Gasteiger charge is 2.15. The number of hydrogen-bond donors (Lipinski definition) is 2. The molecule has 1 amide bonds. The zero-order chi connectivity index (χ0) is 12.5. The maximum atomic E-state index is 11.8. The number of nitrogens with one attached hydrogen (secondary N) is 1. The fraction of sp³-hybridized carbons (Fsp3) is 0.923. The lowest BCUT2D eigenvalue weighted by Crippen LogP contribution is -2.39. The number of carbonyl (C=O) groups excluding carboxylic acids is 1. The lowest BCUT2D eigenvalue weighted by molar-refractivity contribution is -0.122. The van der Waals surface area contributed by atoms with Gasteiger partial charge in [0, 0.05) is 32.1 Å². The Bertz CT molecular complexity index is 215. The third kappa shape index (κ3) is 6.03. The van der Waals surface area contributed by atoms with E-state index in [1.165, 1.54) is 19.3 Å². The van der Waals surface area contributed by atoms with Crippen molar-refractivity contribution in [3.05, 3.63) is 0 Å². The molecule has 1 saturated carbocycles. The Morgan fingerprint density at radius 1 is 1.29 bits per heavy atom. The summed E-state index contributed by atoms with van der Waals surface area (Å²) in [5, 5.41) is 3.14. The largest absolute Gasteiger partial charge is 0.353 e. The number of nitrogens with zero attached hydrogens (tertiary/aromatic N) is 1. The highest BCUT2D eigenvalue weighted by Crippen LogP contribution is 2.17. The predicted octanol–water partition coefficient (Wildman–Crippen LogP) is 1.11. The molecule has 0 saturated heterocycles. The van der Waals surface area contributed by atoms with E-state index in [2.05, 4.69) is 17.1 Å². The van der Waals surface area contributed by atoms with Gasteiger partial charge in [-0.3, -0.25) is 4.79 Å². The molecule has 4 heteroatoms. The molecule has 1 rings (SSSR count). The van der Waals surface area contributed by atoms with E-state index < -0.39 is 0 Å². The van der Waals surface area contributed by atoms with Gasteiger partial charge in [0.1, 0.15) is 0 Å². The summed E-state index contributed by atoms with van der Waals surface area (Å²) in [7, 11) is 0. The molecule has 0 radical (unpaired) electrons. The Kier molecular flexibility index (Phi) is 7.21. The second-order valence-electron chi connectivity index (χ2n) is 4.88. The first-order valence-corrected chi connectivity index (χ1v) is 6.98. The molecular weight excluding hydrogens is 214 g/mol. The molecule has 3 N–H and O–H groups in total. The molecular formula is C13H27N3O. The van der Waals surface area contributed by atoms with Crippen molar-refractivity contribution in [1.29, 1.82) is 0 Å². The van der Waals surface area contributed by atoms with Crippen LogP contribution in [0.25, 0.3) is 0 Å². The molecule has 0 aliphatic heterocycles. The first-order chi connectivity index (χ1) is 8.26. The van der Waals surface area contributed by atoms with Gasteiger partial charge in [-0.2, -0.15) is 0 Å². The molecule has 17 heavy (non-hydrogen) atoms. The van der Waals surface area contributed by atoms with E-state index in [1.54, 1.807) is 0 Å². The van der Waals surface area contributed by atoms with Gasteiger partial charge in [-0.25, -0.2) is 0 Å². The molecule has 0 aromatic heterocycles. The third-order valence-corrected chi connectivity index (χ3v) is 3.52. The number of nitrogens with two attached hydrogens (primary N) is 1. The van der Waals surface area contributed by atoms with Crippen molar-refractivity contribution >= 4 is 5.91 Å². The molecule has 1 aliphatic rings. The van der Waals surface area contributed by atoms with Gasteiger partial charge in [0.05, 0.1) is 0 Å². The van der Waals surface area contributed by atoms with Gasteiger partial charge in [0.15, 0.2) is 0 Å². The van der Waals surface area contributed by atoms with Crippen LogP contribution in [0.15, 0.2) is 0 Å². The molecule has 0 aromatic rings. The van der Waals surface area contributed by atoms with Crippen molar-refractivity contribution < 1.29 is 4.79 Å². The minimum atomic E-state index is 0.201. The number of likely N-dealkylation sites (N-methyl/N-ethyl adjacent to an activating group) is 1. The summed E-state index contributed by atoms with van der Waals surface area (Å²) < 4.78 is 0. The van der Waals surface area contributed by atoms with Crippen LogP contribution in [-0.2, 0) is 4.79 Å². The Morgan fingerprint density at radius 2 is 2.00 bits per heavy atom. The van der Waals surface area contributed by atoms with Gasteiger partial charge in [0.25, 0.3) is 0 Å². The van der Waals surface area contributed by atoms with Crippen LogP contribution in [0.5, 0.6) is 0 Å². The van der Waals surface area contributed by atoms with E-state index in [1.807, 2.05) is 0 Å². The Morgan fingerprint density at radius 3 is 2.59 bits per heavy atom. The summed E-state index contributed by atoms with van der Waals surface area (Å²) >= 11 is 0. The minimum Gasteiger partial charge on any atom is -0.353 e. The SMILES string of the molecule is CCN(CCN)CCC(=O)NC1CCCCC1. The number of hydrogen-bond acceptors (Lipinski definition) is 3. The highest BCUT2D eigenvalue weighted by molar-refractivity contribution is 5.76. The molecule has 0 bridgehead atoms. The Balaban J connectivity index is 2.14. The van der Waals surface area contributed by atoms with Crippen LogP contribution in [0.3, 0.4) is 0 Å². The summed E-state index contributed by atoms with van der Waals surface area (Å²) in [5.41, 5.74) is 5.52. The summed E-state index contributed by atoms with van der Waals surface area (Å²) in [6, 6.07) is 0.431. The second-order valence-corrected chi connectivity index (χ2v) is 4.88. The van der Waals surface area contributed by atoms with Crippen LogP contribution in [-0.4, -0.2) is 43.0 Å². The smallest absolute Gasteiger partial charge is 0.221 e. The van der Waals surface area contributed by atoms with Crippen LogP contribution in [0, 0.1) is 0 Å². The van der Waals surface area contributed by atoms with Crippen molar-refractivity contribution in [2.24, 2.45) is 5.73 Å². The van der Waals surface area contributed by atoms with Crippen molar-refractivity contribution in [3.8, 4) is 0 Å². The zero-order valence-electron chi connectivity index (χ0n) is 11.1. The third-order valence-electron chi connectivity index (χ3n) is 3.52. The Labute approximate surface area is 105 Å². The van der Waals surface area contributed by atoms with Crippen LogP contribution >= 0.6 is 0 Å². The van der Waals surface area contributed by atoms with E-state index in [0.717, 1.165) is 32.5 Å². The number of carbonyl (C=O) groups is 1. The van der Waals surface area contributed by atoms with Crippen LogP contribution in [0.4, 0.5) is 0 Å². The molecule has 0 unspecified atom stereocenters. The lowest BCUT2D eigenvalue weighted by atomic mass is 9.95. The maximum Gasteiger partial charge on any atom is 0.221 e. The van der Waals surface area contributed by atoms with Crippen molar-refractivity contribution in [3.63, 3.8) is 0 Å². The van der Waals surface area contributed by atoms with E-state index >= 15 is 0 Å². The molecule has 1 aliphatic carbocycles. The Hall–Kier alpha value is -0.610. The summed E-state index contributed by atoms with van der Waals surface area (Å²) in [4.78, 5) is 14.0. The van der Waals surface area contributed by atoms with Crippen LogP contribution < -0.4 is 11.1 Å². The average molecular weight is 241 g/mol. The van der Waals surface area contributed by atoms with Gasteiger partial charge >= 0.3 is 0 Å². The molecule has 100 valence electrons. The average Bonchev–Trinajstić information content (AvgIpc) is 2.35. The normalized spacial score (nSPS) is 17.4. The van der Waals surface area contributed by atoms with E-state index in [0.29, 0.717) is 19.0 Å². The first-order valence-electron chi connectivity index (χ1n) is 6.98. The molecule has 0 atom stereocenters. The quantitative estimate of drug-likeness (QED) is 0.702. The van der Waals surface area contributed by atoms with Gasteiger partial charge in [-0.15, -0.1) is 0 Å². The molecule has 0 aromatic carbocycles. The van der Waals surface area contributed by atoms with Crippen LogP contribution in [0.2, 0.25) is 0 Å². The van der Waals surface area contributed by atoms with Gasteiger partial charge in [-0.05, 0) is 19.4 Å². The zero-order valence-corrected chi connectivity index (χ0v) is 11.1. The first kappa shape index (κ1) is 14.5. The van der Waals surface area contributed by atoms with Gasteiger partial charge < -0.3 is 16.0 Å². The van der Waals surface area contributed by atoms with Crippen molar-refractivity contribution in [1.82, 2.24) is 10.2 Å². The number of amides is 1. The predicted molar refractivity (Wildman–Crippen MR) is 70.8 cm³/mol. The monoisotopic (exact) mass is 241 g/mol. The van der Waals surface area contributed by atoms with Crippen molar-refractivity contribution in [2.75, 3.05) is 26.2 Å². The summed E-state index contributed by atoms with van der Waals surface area (Å²) in [6.07, 6.45) is 6.77. The molecule has 4 nitrogen and oxygen atoms in total. The standard InChI is InChI=1S/C13H27N3O/c1-2-16(11-9-14)10-8-13(17)15-12-6-4-3-5-7-12/h12H,2-11,14H2,1H3,(H,15,17). The second kappa shape index (κ2) is 8.48. The van der Waals surface area contributed by atoms with E-state index in [4.69, 9.17) is 5.73 Å². The van der Waals surface area contributed by atoms with E-state index in [-0.39, 0.29) is 5.91 Å². The summed E-state index contributed by atoms with van der Waals surface area (Å²) in [5.74, 6) is 0.201. The van der Waals surface area contributed by atoms with E-state index in [9.17, 15) is 4.79 Å². The highest BCUT2D eigenvalue weighted by atomic mass is 16.1. The summed E-state index contributed by atoms with van der Waals surface area (Å²) in [6.45, 7) is 5.44. The molecule has 0 heterocycles. The fourth-order valence-corrected chi connectivity index (χ4v) is 2.42. The van der Waals surface area contributed by atoms with Crippen molar-refractivity contribution in [2.45, 2.75) is 51.5 Å². The van der Waals surface area contributed by atoms with Crippen LogP contribution in [0.1, 0.15) is 45.4 Å².